The second-order valence-corrected chi connectivity index (χ2v) is 5.44. The van der Waals surface area contributed by atoms with Gasteiger partial charge in [0.1, 0.15) is 0 Å². The molecule has 0 aliphatic rings. The van der Waals surface area contributed by atoms with Gasteiger partial charge in [0.15, 0.2) is 0 Å². The van der Waals surface area contributed by atoms with Gasteiger partial charge in [-0.1, -0.05) is 11.6 Å². The van der Waals surface area contributed by atoms with Gasteiger partial charge in [0.05, 0.1) is 15.6 Å². The van der Waals surface area contributed by atoms with E-state index in [0.29, 0.717) is 18.7 Å². The predicted molar refractivity (Wildman–Crippen MR) is 81.3 cm³/mol. The second kappa shape index (κ2) is 7.05. The van der Waals surface area contributed by atoms with Crippen molar-refractivity contribution in [3.63, 3.8) is 0 Å². The zero-order valence-corrected chi connectivity index (χ0v) is 12.4. The Labute approximate surface area is 129 Å². The van der Waals surface area contributed by atoms with Crippen LogP contribution < -0.4 is 10.6 Å². The number of carbonyl (C=O) groups excluding carboxylic acids is 1. The van der Waals surface area contributed by atoms with Gasteiger partial charge in [-0.3, -0.25) is 0 Å². The van der Waals surface area contributed by atoms with Crippen LogP contribution in [0.25, 0.3) is 0 Å². The molecule has 6 nitrogen and oxygen atoms in total. The Morgan fingerprint density at radius 2 is 2.19 bits per heavy atom. The summed E-state index contributed by atoms with van der Waals surface area (Å²) in [4.78, 5) is 26.6. The molecule has 21 heavy (non-hydrogen) atoms. The minimum absolute atomic E-state index is 0.00797. The monoisotopic (exact) mass is 325 g/mol. The van der Waals surface area contributed by atoms with E-state index in [2.05, 4.69) is 15.6 Å². The van der Waals surface area contributed by atoms with Gasteiger partial charge in [-0.05, 0) is 18.2 Å². The second-order valence-electron chi connectivity index (χ2n) is 4.06. The zero-order chi connectivity index (χ0) is 15.2. The first kappa shape index (κ1) is 15.3. The molecule has 2 amide bonds. The van der Waals surface area contributed by atoms with Crippen LogP contribution in [0.3, 0.4) is 0 Å². The third-order valence-corrected chi connectivity index (χ3v) is 3.72. The van der Waals surface area contributed by atoms with E-state index in [-0.39, 0.29) is 16.6 Å². The SMILES string of the molecule is O=C(NCCc1nccs1)Nc1ccc(C(=O)O)c(Cl)c1. The van der Waals surface area contributed by atoms with Crippen LogP contribution in [-0.2, 0) is 6.42 Å². The number of benzene rings is 1. The molecule has 0 aliphatic carbocycles. The zero-order valence-electron chi connectivity index (χ0n) is 10.8. The molecule has 0 aliphatic heterocycles. The maximum absolute atomic E-state index is 11.7. The van der Waals surface area contributed by atoms with Crippen LogP contribution in [0.4, 0.5) is 10.5 Å². The number of halogens is 1. The number of urea groups is 1. The van der Waals surface area contributed by atoms with Crippen molar-refractivity contribution in [3.8, 4) is 0 Å². The standard InChI is InChI=1S/C13H12ClN3O3S/c14-10-7-8(1-2-9(10)12(18)19)17-13(20)16-4-3-11-15-5-6-21-11/h1-2,5-7H,3-4H2,(H,18,19)(H2,16,17,20). The third kappa shape index (κ3) is 4.44. The number of nitrogens with zero attached hydrogens (tertiary/aromatic N) is 1. The molecule has 0 radical (unpaired) electrons. The van der Waals surface area contributed by atoms with E-state index in [4.69, 9.17) is 16.7 Å². The molecule has 8 heteroatoms. The number of hydrogen-bond acceptors (Lipinski definition) is 4. The number of hydrogen-bond donors (Lipinski definition) is 3. The summed E-state index contributed by atoms with van der Waals surface area (Å²) in [5, 5.41) is 17.0. The molecule has 2 rings (SSSR count). The van der Waals surface area contributed by atoms with E-state index in [1.54, 1.807) is 6.20 Å². The van der Waals surface area contributed by atoms with Gasteiger partial charge in [-0.25, -0.2) is 14.6 Å². The van der Waals surface area contributed by atoms with Crippen LogP contribution in [0.15, 0.2) is 29.8 Å². The van der Waals surface area contributed by atoms with Crippen LogP contribution in [0.2, 0.25) is 5.02 Å². The van der Waals surface area contributed by atoms with Crippen LogP contribution in [-0.4, -0.2) is 28.6 Å². The lowest BCUT2D eigenvalue weighted by molar-refractivity contribution is 0.0697. The van der Waals surface area contributed by atoms with Gasteiger partial charge in [-0.2, -0.15) is 0 Å². The summed E-state index contributed by atoms with van der Waals surface area (Å²) in [7, 11) is 0. The van der Waals surface area contributed by atoms with Crippen molar-refractivity contribution >= 4 is 40.6 Å². The molecular weight excluding hydrogens is 314 g/mol. The lowest BCUT2D eigenvalue weighted by Crippen LogP contribution is -2.30. The molecule has 1 aromatic carbocycles. The highest BCUT2D eigenvalue weighted by atomic mass is 35.5. The number of aromatic carboxylic acids is 1. The van der Waals surface area contributed by atoms with E-state index in [9.17, 15) is 9.59 Å². The fourth-order valence-electron chi connectivity index (χ4n) is 1.60. The van der Waals surface area contributed by atoms with Gasteiger partial charge >= 0.3 is 12.0 Å². The predicted octanol–water partition coefficient (Wildman–Crippen LogP) is 2.86. The summed E-state index contributed by atoms with van der Waals surface area (Å²) >= 11 is 7.35. The number of carboxylic acids is 1. The Kier molecular flexibility index (Phi) is 5.13. The van der Waals surface area contributed by atoms with Crippen molar-refractivity contribution in [3.05, 3.63) is 45.4 Å². The third-order valence-electron chi connectivity index (χ3n) is 2.57. The van der Waals surface area contributed by atoms with Gasteiger partial charge in [-0.15, -0.1) is 11.3 Å². The number of thiazole rings is 1. The minimum Gasteiger partial charge on any atom is -0.478 e. The van der Waals surface area contributed by atoms with Crippen molar-refractivity contribution in [2.75, 3.05) is 11.9 Å². The molecule has 1 heterocycles. The lowest BCUT2D eigenvalue weighted by Gasteiger charge is -2.08. The summed E-state index contributed by atoms with van der Waals surface area (Å²) in [6, 6.07) is 3.84. The molecule has 3 N–H and O–H groups in total. The van der Waals surface area contributed by atoms with Crippen molar-refractivity contribution < 1.29 is 14.7 Å². The molecular formula is C13H12ClN3O3S. The quantitative estimate of drug-likeness (QED) is 0.788. The number of aromatic nitrogens is 1. The summed E-state index contributed by atoms with van der Waals surface area (Å²) in [5.41, 5.74) is 0.420. The van der Waals surface area contributed by atoms with Gasteiger partial charge in [0.25, 0.3) is 0 Å². The molecule has 110 valence electrons. The fourth-order valence-corrected chi connectivity index (χ4v) is 2.48. The van der Waals surface area contributed by atoms with Crippen LogP contribution >= 0.6 is 22.9 Å². The molecule has 0 saturated carbocycles. The highest BCUT2D eigenvalue weighted by molar-refractivity contribution is 7.09. The number of amides is 2. The molecule has 0 unspecified atom stereocenters. The molecule has 2 aromatic rings. The number of carboxylic acid groups (broad SMARTS) is 1. The summed E-state index contributed by atoms with van der Waals surface area (Å²) in [6.07, 6.45) is 2.37. The van der Waals surface area contributed by atoms with Crippen LogP contribution in [0, 0.1) is 0 Å². The van der Waals surface area contributed by atoms with Crippen molar-refractivity contribution in [1.29, 1.82) is 0 Å². The molecule has 1 aromatic heterocycles. The van der Waals surface area contributed by atoms with Gasteiger partial charge in [0, 0.05) is 30.2 Å². The van der Waals surface area contributed by atoms with Crippen LogP contribution in [0.5, 0.6) is 0 Å². The Balaban J connectivity index is 1.85. The number of nitrogens with one attached hydrogen (secondary N) is 2. The minimum atomic E-state index is -1.11. The van der Waals surface area contributed by atoms with E-state index in [1.807, 2.05) is 5.38 Å². The lowest BCUT2D eigenvalue weighted by atomic mass is 10.2. The first-order chi connectivity index (χ1) is 10.1. The van der Waals surface area contributed by atoms with Crippen molar-refractivity contribution in [2.24, 2.45) is 0 Å². The normalized spacial score (nSPS) is 10.1. The average molecular weight is 326 g/mol. The molecule has 0 saturated heterocycles. The van der Waals surface area contributed by atoms with E-state index < -0.39 is 5.97 Å². The highest BCUT2D eigenvalue weighted by Crippen LogP contribution is 2.20. The largest absolute Gasteiger partial charge is 0.478 e. The van der Waals surface area contributed by atoms with E-state index in [0.717, 1.165) is 5.01 Å². The number of anilines is 1. The average Bonchev–Trinajstić information content (AvgIpc) is 2.91. The maximum Gasteiger partial charge on any atom is 0.337 e. The number of carbonyl (C=O) groups is 2. The highest BCUT2D eigenvalue weighted by Gasteiger charge is 2.10. The van der Waals surface area contributed by atoms with Crippen LogP contribution in [0.1, 0.15) is 15.4 Å². The maximum atomic E-state index is 11.7. The molecule has 0 spiro atoms. The molecule has 0 fully saturated rings. The fraction of sp³-hybridized carbons (Fsp3) is 0.154. The first-order valence-electron chi connectivity index (χ1n) is 6.02. The topological polar surface area (TPSA) is 91.3 Å². The summed E-state index contributed by atoms with van der Waals surface area (Å²) < 4.78 is 0. The Hall–Kier alpha value is -2.12. The van der Waals surface area contributed by atoms with E-state index in [1.165, 1.54) is 29.5 Å². The van der Waals surface area contributed by atoms with Crippen molar-refractivity contribution in [1.82, 2.24) is 10.3 Å². The Bertz CT molecular complexity index is 646. The van der Waals surface area contributed by atoms with Gasteiger partial charge < -0.3 is 15.7 Å². The van der Waals surface area contributed by atoms with Gasteiger partial charge in [0.2, 0.25) is 0 Å². The summed E-state index contributed by atoms with van der Waals surface area (Å²) in [5.74, 6) is -1.11. The Morgan fingerprint density at radius 1 is 1.38 bits per heavy atom. The van der Waals surface area contributed by atoms with E-state index >= 15 is 0 Å². The number of rotatable bonds is 5. The smallest absolute Gasteiger partial charge is 0.337 e. The first-order valence-corrected chi connectivity index (χ1v) is 7.28. The summed E-state index contributed by atoms with van der Waals surface area (Å²) in [6.45, 7) is 0.459. The van der Waals surface area contributed by atoms with Crippen molar-refractivity contribution in [2.45, 2.75) is 6.42 Å². The molecule has 0 bridgehead atoms. The Morgan fingerprint density at radius 3 is 2.81 bits per heavy atom. The molecule has 0 atom stereocenters.